The van der Waals surface area contributed by atoms with Crippen LogP contribution in [-0.2, 0) is 0 Å². The van der Waals surface area contributed by atoms with E-state index in [1.54, 1.807) is 0 Å². The van der Waals surface area contributed by atoms with E-state index in [2.05, 4.69) is 203 Å². The number of hydrogen-bond acceptors (Lipinski definition) is 0. The molecule has 9 aromatic carbocycles. The average molecular weight is 661 g/mol. The Bertz CT molecular complexity index is 3090. The van der Waals surface area contributed by atoms with Gasteiger partial charge in [-0.1, -0.05) is 140 Å². The largest absolute Gasteiger partial charge is 0.309 e. The van der Waals surface area contributed by atoms with Crippen LogP contribution in [0, 0.1) is 0 Å². The Morgan fingerprint density at radius 1 is 0.231 bits per heavy atom. The Kier molecular flexibility index (Phi) is 6.28. The molecule has 0 amide bonds. The van der Waals surface area contributed by atoms with Crippen LogP contribution in [0.1, 0.15) is 0 Å². The van der Waals surface area contributed by atoms with Crippen molar-refractivity contribution in [2.45, 2.75) is 0 Å². The molecule has 0 aliphatic rings. The van der Waals surface area contributed by atoms with E-state index in [1.807, 2.05) is 0 Å². The highest BCUT2D eigenvalue weighted by Gasteiger charge is 2.21. The van der Waals surface area contributed by atoms with E-state index in [0.29, 0.717) is 0 Å². The summed E-state index contributed by atoms with van der Waals surface area (Å²) in [5.41, 5.74) is 12.2. The topological polar surface area (TPSA) is 9.86 Å². The molecule has 0 radical (unpaired) electrons. The summed E-state index contributed by atoms with van der Waals surface area (Å²) in [6.07, 6.45) is 0. The summed E-state index contributed by atoms with van der Waals surface area (Å²) in [5.74, 6) is 0. The van der Waals surface area contributed by atoms with Crippen LogP contribution in [0.15, 0.2) is 194 Å². The highest BCUT2D eigenvalue weighted by molar-refractivity contribution is 6.23. The molecular formula is C50H32N2. The number of para-hydroxylation sites is 3. The molecule has 0 saturated heterocycles. The summed E-state index contributed by atoms with van der Waals surface area (Å²) in [7, 11) is 0. The third kappa shape index (κ3) is 4.19. The second kappa shape index (κ2) is 11.3. The van der Waals surface area contributed by atoms with Gasteiger partial charge in [-0.05, 0) is 98.4 Å². The third-order valence-electron chi connectivity index (χ3n) is 10.9. The summed E-state index contributed by atoms with van der Waals surface area (Å²) < 4.78 is 4.86. The van der Waals surface area contributed by atoms with E-state index in [0.717, 1.165) is 11.4 Å². The van der Waals surface area contributed by atoms with E-state index in [9.17, 15) is 0 Å². The molecule has 2 heterocycles. The number of nitrogens with zero attached hydrogens (tertiary/aromatic N) is 2. The maximum absolute atomic E-state index is 2.44. The molecule has 0 bridgehead atoms. The van der Waals surface area contributed by atoms with Crippen molar-refractivity contribution in [1.82, 2.24) is 9.13 Å². The van der Waals surface area contributed by atoms with Gasteiger partial charge in [-0.15, -0.1) is 0 Å². The minimum Gasteiger partial charge on any atom is -0.309 e. The fraction of sp³-hybridized carbons (Fsp3) is 0. The van der Waals surface area contributed by atoms with Crippen molar-refractivity contribution in [1.29, 1.82) is 0 Å². The lowest BCUT2D eigenvalue weighted by Gasteiger charge is -2.18. The molecule has 11 rings (SSSR count). The van der Waals surface area contributed by atoms with E-state index >= 15 is 0 Å². The number of hydrogen-bond donors (Lipinski definition) is 0. The molecule has 0 saturated carbocycles. The van der Waals surface area contributed by atoms with Crippen LogP contribution < -0.4 is 0 Å². The summed E-state index contributed by atoms with van der Waals surface area (Å²) in [6.45, 7) is 0. The molecule has 0 fully saturated rings. The van der Waals surface area contributed by atoms with Crippen LogP contribution in [-0.4, -0.2) is 9.13 Å². The molecule has 0 N–H and O–H groups in total. The molecule has 242 valence electrons. The van der Waals surface area contributed by atoms with Crippen LogP contribution in [0.4, 0.5) is 0 Å². The van der Waals surface area contributed by atoms with Gasteiger partial charge in [-0.25, -0.2) is 0 Å². The average Bonchev–Trinajstić information content (AvgIpc) is 3.71. The first kappa shape index (κ1) is 28.9. The van der Waals surface area contributed by atoms with Gasteiger partial charge in [0.2, 0.25) is 0 Å². The van der Waals surface area contributed by atoms with Gasteiger partial charge in [0, 0.05) is 32.9 Å². The molecule has 0 spiro atoms. The van der Waals surface area contributed by atoms with Crippen LogP contribution in [0.2, 0.25) is 0 Å². The van der Waals surface area contributed by atoms with E-state index in [4.69, 9.17) is 0 Å². The summed E-state index contributed by atoms with van der Waals surface area (Å²) in [4.78, 5) is 0. The number of fused-ring (bicyclic) bond motifs is 8. The third-order valence-corrected chi connectivity index (χ3v) is 10.9. The van der Waals surface area contributed by atoms with Gasteiger partial charge < -0.3 is 9.13 Å². The number of rotatable bonds is 4. The Morgan fingerprint density at radius 2 is 0.615 bits per heavy atom. The molecule has 0 unspecified atom stereocenters. The molecule has 0 atom stereocenters. The van der Waals surface area contributed by atoms with Crippen molar-refractivity contribution in [3.8, 4) is 33.6 Å². The van der Waals surface area contributed by atoms with Gasteiger partial charge in [-0.3, -0.25) is 0 Å². The summed E-state index contributed by atoms with van der Waals surface area (Å²) >= 11 is 0. The van der Waals surface area contributed by atoms with E-state index < -0.39 is 0 Å². The number of benzene rings is 9. The lowest BCUT2D eigenvalue weighted by atomic mass is 9.86. The van der Waals surface area contributed by atoms with Crippen molar-refractivity contribution in [3.05, 3.63) is 194 Å². The minimum absolute atomic E-state index is 1.16. The first-order chi connectivity index (χ1) is 25.8. The Balaban J connectivity index is 1.27. The lowest BCUT2D eigenvalue weighted by Crippen LogP contribution is -1.94. The molecule has 2 aromatic heterocycles. The zero-order valence-corrected chi connectivity index (χ0v) is 28.4. The maximum atomic E-state index is 2.44. The van der Waals surface area contributed by atoms with Crippen molar-refractivity contribution in [2.24, 2.45) is 0 Å². The molecule has 52 heavy (non-hydrogen) atoms. The predicted octanol–water partition coefficient (Wildman–Crippen LogP) is 13.5. The quantitative estimate of drug-likeness (QED) is 0.166. The Hall–Kier alpha value is -6.90. The molecule has 2 heteroatoms. The molecule has 0 aliphatic heterocycles. The van der Waals surface area contributed by atoms with Crippen LogP contribution in [0.5, 0.6) is 0 Å². The van der Waals surface area contributed by atoms with Gasteiger partial charge in [-0.2, -0.15) is 0 Å². The van der Waals surface area contributed by atoms with E-state index in [-0.39, 0.29) is 0 Å². The first-order valence-corrected chi connectivity index (χ1v) is 17.9. The second-order valence-electron chi connectivity index (χ2n) is 13.7. The van der Waals surface area contributed by atoms with Crippen LogP contribution in [0.3, 0.4) is 0 Å². The standard InChI is InChI=1S/C50H32N2/c1-4-16-33(17-5-1)49-38-23-10-12-25-40(38)50(41-26-13-11-24-39(41)49)34-28-29-46-42(30-34)44-32-47-43(31-48(44)52(46)36-20-8-3-9-21-36)37-22-14-15-27-45(37)51(47)35-18-6-2-7-19-35/h1-32H. The molecular weight excluding hydrogens is 629 g/mol. The monoisotopic (exact) mass is 660 g/mol. The zero-order chi connectivity index (χ0) is 34.2. The van der Waals surface area contributed by atoms with Gasteiger partial charge in [0.1, 0.15) is 0 Å². The van der Waals surface area contributed by atoms with Crippen molar-refractivity contribution < 1.29 is 0 Å². The van der Waals surface area contributed by atoms with Gasteiger partial charge in [0.15, 0.2) is 0 Å². The van der Waals surface area contributed by atoms with Gasteiger partial charge in [0.25, 0.3) is 0 Å². The molecule has 11 aromatic rings. The van der Waals surface area contributed by atoms with Gasteiger partial charge in [0.05, 0.1) is 22.1 Å². The fourth-order valence-electron chi connectivity index (χ4n) is 8.70. The maximum Gasteiger partial charge on any atom is 0.0548 e. The molecule has 2 nitrogen and oxygen atoms in total. The smallest absolute Gasteiger partial charge is 0.0548 e. The zero-order valence-electron chi connectivity index (χ0n) is 28.4. The number of aromatic nitrogens is 2. The van der Waals surface area contributed by atoms with Crippen molar-refractivity contribution in [3.63, 3.8) is 0 Å². The Labute approximate surface area is 301 Å². The minimum atomic E-state index is 1.16. The predicted molar refractivity (Wildman–Crippen MR) is 221 cm³/mol. The van der Waals surface area contributed by atoms with Crippen molar-refractivity contribution in [2.75, 3.05) is 0 Å². The first-order valence-electron chi connectivity index (χ1n) is 17.9. The SMILES string of the molecule is c1ccc(-c2c3ccccc3c(-c3ccc4c(c3)c3cc5c(cc3n4-c3ccccc3)c3ccccc3n5-c3ccccc3)c3ccccc23)cc1. The van der Waals surface area contributed by atoms with Crippen molar-refractivity contribution >= 4 is 65.2 Å². The normalized spacial score (nSPS) is 11.8. The van der Waals surface area contributed by atoms with E-state index in [1.165, 1.54) is 87.4 Å². The highest BCUT2D eigenvalue weighted by atomic mass is 15.0. The van der Waals surface area contributed by atoms with Crippen LogP contribution >= 0.6 is 0 Å². The fourth-order valence-corrected chi connectivity index (χ4v) is 8.70. The summed E-state index contributed by atoms with van der Waals surface area (Å²) in [5, 5.41) is 10.0. The highest BCUT2D eigenvalue weighted by Crippen LogP contribution is 2.46. The van der Waals surface area contributed by atoms with Crippen LogP contribution in [0.25, 0.3) is 98.8 Å². The van der Waals surface area contributed by atoms with Gasteiger partial charge >= 0.3 is 0 Å². The Morgan fingerprint density at radius 3 is 1.15 bits per heavy atom. The summed E-state index contributed by atoms with van der Waals surface area (Å²) in [6, 6.07) is 70.9. The molecule has 0 aliphatic carbocycles. The lowest BCUT2D eigenvalue weighted by molar-refractivity contribution is 1.17. The second-order valence-corrected chi connectivity index (χ2v) is 13.7.